The maximum Gasteiger partial charge on any atom is 0.251 e. The van der Waals surface area contributed by atoms with Crippen molar-refractivity contribution in [2.24, 2.45) is 0 Å². The first kappa shape index (κ1) is 15.2. The summed E-state index contributed by atoms with van der Waals surface area (Å²) < 4.78 is 0. The van der Waals surface area contributed by atoms with Crippen molar-refractivity contribution in [2.45, 2.75) is 20.3 Å². The van der Waals surface area contributed by atoms with E-state index in [9.17, 15) is 15.2 Å². The number of nitrogens with zero attached hydrogens (tertiary/aromatic N) is 2. The Morgan fingerprint density at radius 2 is 1.89 bits per heavy atom. The maximum atomic E-state index is 11.7. The average molecular weight is 269 g/mol. The van der Waals surface area contributed by atoms with Gasteiger partial charge < -0.3 is 21.0 Å². The molecule has 0 radical (unpaired) electrons. The van der Waals surface area contributed by atoms with Gasteiger partial charge in [0.2, 0.25) is 0 Å². The first-order chi connectivity index (χ1) is 8.88. The molecule has 8 heteroatoms. The Hall–Kier alpha value is -1.87. The van der Waals surface area contributed by atoms with Crippen molar-refractivity contribution in [3.8, 4) is 0 Å². The van der Waals surface area contributed by atoms with Gasteiger partial charge in [-0.1, -0.05) is 6.92 Å². The zero-order chi connectivity index (χ0) is 14.6. The average Bonchev–Trinajstić information content (AvgIpc) is 2.35. The SMILES string of the molecule is CCCNC(=O)c1cc(N([O-])[O-])c(C)c(N(O)O)c1. The first-order valence-electron chi connectivity index (χ1n) is 5.63. The van der Waals surface area contributed by atoms with Gasteiger partial charge in [-0.25, -0.2) is 0 Å². The summed E-state index contributed by atoms with van der Waals surface area (Å²) in [6, 6.07) is 2.28. The Balaban J connectivity index is 3.22. The summed E-state index contributed by atoms with van der Waals surface area (Å²) in [5, 5.41) is 41.4. The number of carbonyl (C=O) groups is 1. The molecule has 1 aromatic carbocycles. The van der Waals surface area contributed by atoms with E-state index in [1.165, 1.54) is 13.0 Å². The maximum absolute atomic E-state index is 11.7. The molecule has 0 atom stereocenters. The van der Waals surface area contributed by atoms with Crippen molar-refractivity contribution in [3.05, 3.63) is 33.7 Å². The molecule has 0 unspecified atom stereocenters. The summed E-state index contributed by atoms with van der Waals surface area (Å²) >= 11 is 0. The van der Waals surface area contributed by atoms with Crippen molar-refractivity contribution >= 4 is 17.3 Å². The Morgan fingerprint density at radius 1 is 1.32 bits per heavy atom. The normalized spacial score (nSPS) is 10.2. The monoisotopic (exact) mass is 269 g/mol. The summed E-state index contributed by atoms with van der Waals surface area (Å²) in [7, 11) is 0. The van der Waals surface area contributed by atoms with Crippen LogP contribution in [-0.4, -0.2) is 22.9 Å². The van der Waals surface area contributed by atoms with E-state index < -0.39 is 11.1 Å². The number of hydrogen-bond acceptors (Lipinski definition) is 7. The number of hydrogen-bond donors (Lipinski definition) is 3. The van der Waals surface area contributed by atoms with Gasteiger partial charge in [-0.05, 0) is 31.0 Å². The number of benzene rings is 1. The van der Waals surface area contributed by atoms with E-state index in [0.717, 1.165) is 12.5 Å². The van der Waals surface area contributed by atoms with Crippen molar-refractivity contribution in [1.82, 2.24) is 5.32 Å². The fourth-order valence-corrected chi connectivity index (χ4v) is 1.55. The second-order valence-electron chi connectivity index (χ2n) is 3.94. The largest absolute Gasteiger partial charge is 0.769 e. The molecule has 0 saturated carbocycles. The van der Waals surface area contributed by atoms with E-state index in [2.05, 4.69) is 5.32 Å². The van der Waals surface area contributed by atoms with E-state index in [1.807, 2.05) is 6.92 Å². The lowest BCUT2D eigenvalue weighted by atomic mass is 10.1. The van der Waals surface area contributed by atoms with E-state index in [-0.39, 0.29) is 27.7 Å². The van der Waals surface area contributed by atoms with E-state index in [1.54, 1.807) is 0 Å². The molecule has 0 aliphatic rings. The second-order valence-corrected chi connectivity index (χ2v) is 3.94. The standard InChI is InChI=1S/C11H15N3O5/c1-3-4-12-11(15)8-5-9(13(16)17)7(2)10(6-8)14(18)19/h5-6,16-17H,3-4H2,1-2H3,(H,12,15)/q-2. The first-order valence-corrected chi connectivity index (χ1v) is 5.63. The van der Waals surface area contributed by atoms with Crippen LogP contribution in [0.25, 0.3) is 0 Å². The number of amides is 1. The van der Waals surface area contributed by atoms with Crippen molar-refractivity contribution in [1.29, 1.82) is 0 Å². The summed E-state index contributed by atoms with van der Waals surface area (Å²) in [6.45, 7) is 3.66. The summed E-state index contributed by atoms with van der Waals surface area (Å²) in [5.74, 6) is -0.506. The van der Waals surface area contributed by atoms with Gasteiger partial charge in [0.15, 0.2) is 0 Å². The molecule has 1 rings (SSSR count). The van der Waals surface area contributed by atoms with E-state index in [4.69, 9.17) is 10.4 Å². The highest BCUT2D eigenvalue weighted by Crippen LogP contribution is 2.29. The predicted molar refractivity (Wildman–Crippen MR) is 69.1 cm³/mol. The molecule has 8 nitrogen and oxygen atoms in total. The van der Waals surface area contributed by atoms with Crippen LogP contribution in [0.4, 0.5) is 11.4 Å². The molecule has 0 fully saturated rings. The predicted octanol–water partition coefficient (Wildman–Crippen LogP) is 1.52. The smallest absolute Gasteiger partial charge is 0.251 e. The summed E-state index contributed by atoms with van der Waals surface area (Å²) in [5.41, 5.74) is -0.515. The Bertz CT molecular complexity index is 433. The van der Waals surface area contributed by atoms with Crippen molar-refractivity contribution in [2.75, 3.05) is 17.0 Å². The van der Waals surface area contributed by atoms with Crippen molar-refractivity contribution < 1.29 is 15.2 Å². The van der Waals surface area contributed by atoms with Crippen LogP contribution in [0.15, 0.2) is 12.1 Å². The Labute approximate surface area is 109 Å². The van der Waals surface area contributed by atoms with Gasteiger partial charge in [-0.15, -0.1) is 5.23 Å². The molecule has 106 valence electrons. The molecule has 0 aromatic heterocycles. The number of nitrogens with one attached hydrogen (secondary N) is 1. The highest BCUT2D eigenvalue weighted by molar-refractivity contribution is 5.97. The van der Waals surface area contributed by atoms with Crippen LogP contribution >= 0.6 is 0 Å². The van der Waals surface area contributed by atoms with Crippen LogP contribution in [0.3, 0.4) is 0 Å². The highest BCUT2D eigenvalue weighted by atomic mass is 16.8. The number of rotatable bonds is 5. The number of carbonyl (C=O) groups excluding carboxylic acids is 1. The molecule has 0 spiro atoms. The van der Waals surface area contributed by atoms with Crippen LogP contribution in [0, 0.1) is 17.3 Å². The molecule has 0 aliphatic heterocycles. The van der Waals surface area contributed by atoms with E-state index >= 15 is 0 Å². The third-order valence-corrected chi connectivity index (χ3v) is 2.56. The van der Waals surface area contributed by atoms with Crippen LogP contribution in [0.5, 0.6) is 0 Å². The molecule has 0 saturated heterocycles. The zero-order valence-corrected chi connectivity index (χ0v) is 10.6. The van der Waals surface area contributed by atoms with Crippen molar-refractivity contribution in [3.63, 3.8) is 0 Å². The molecule has 19 heavy (non-hydrogen) atoms. The lowest BCUT2D eigenvalue weighted by Crippen LogP contribution is -2.25. The summed E-state index contributed by atoms with van der Waals surface area (Å²) in [6.07, 6.45) is 0.721. The third-order valence-electron chi connectivity index (χ3n) is 2.56. The highest BCUT2D eigenvalue weighted by Gasteiger charge is 2.14. The van der Waals surface area contributed by atoms with Gasteiger partial charge in [0, 0.05) is 17.8 Å². The van der Waals surface area contributed by atoms with Crippen LogP contribution < -0.4 is 15.8 Å². The minimum Gasteiger partial charge on any atom is -0.769 e. The molecule has 1 amide bonds. The van der Waals surface area contributed by atoms with E-state index in [0.29, 0.717) is 6.54 Å². The fourth-order valence-electron chi connectivity index (χ4n) is 1.55. The Kier molecular flexibility index (Phi) is 5.07. The quantitative estimate of drug-likeness (QED) is 0.692. The zero-order valence-electron chi connectivity index (χ0n) is 10.6. The molecule has 0 bridgehead atoms. The molecule has 1 aromatic rings. The minimum absolute atomic E-state index is 0.00569. The van der Waals surface area contributed by atoms with Gasteiger partial charge in [0.05, 0.1) is 5.69 Å². The lowest BCUT2D eigenvalue weighted by Gasteiger charge is -2.39. The van der Waals surface area contributed by atoms with Gasteiger partial charge in [0.1, 0.15) is 0 Å². The fraction of sp³-hybridized carbons (Fsp3) is 0.364. The van der Waals surface area contributed by atoms with Crippen LogP contribution in [-0.2, 0) is 0 Å². The minimum atomic E-state index is -0.682. The lowest BCUT2D eigenvalue weighted by molar-refractivity contribution is 0.0288. The topological polar surface area (TPSA) is 122 Å². The Morgan fingerprint density at radius 3 is 2.37 bits per heavy atom. The molecule has 0 heterocycles. The molecular formula is C11H15N3O5-2. The third kappa shape index (κ3) is 3.55. The molecule has 0 aliphatic carbocycles. The van der Waals surface area contributed by atoms with Gasteiger partial charge in [-0.3, -0.25) is 15.2 Å². The summed E-state index contributed by atoms with van der Waals surface area (Å²) in [4.78, 5) is 11.7. The number of anilines is 2. The van der Waals surface area contributed by atoms with Crippen LogP contribution in [0.2, 0.25) is 0 Å². The second kappa shape index (κ2) is 6.34. The molecule has 3 N–H and O–H groups in total. The van der Waals surface area contributed by atoms with Gasteiger partial charge in [-0.2, -0.15) is 0 Å². The van der Waals surface area contributed by atoms with Gasteiger partial charge >= 0.3 is 0 Å². The molecular weight excluding hydrogens is 254 g/mol. The van der Waals surface area contributed by atoms with Gasteiger partial charge in [0.25, 0.3) is 5.91 Å². The van der Waals surface area contributed by atoms with Crippen LogP contribution in [0.1, 0.15) is 29.3 Å².